The van der Waals surface area contributed by atoms with Crippen LogP contribution in [0.2, 0.25) is 0 Å². The Labute approximate surface area is 232 Å². The number of halogens is 3. The summed E-state index contributed by atoms with van der Waals surface area (Å²) in [7, 11) is 0. The van der Waals surface area contributed by atoms with Gasteiger partial charge in [0.25, 0.3) is 0 Å². The maximum absolute atomic E-state index is 13.6. The number of aromatic nitrogens is 4. The summed E-state index contributed by atoms with van der Waals surface area (Å²) in [5.74, 6) is 1.59. The summed E-state index contributed by atoms with van der Waals surface area (Å²) in [5.41, 5.74) is 6.87. The maximum Gasteiger partial charge on any atom is 0.416 e. The van der Waals surface area contributed by atoms with Gasteiger partial charge in [-0.15, -0.1) is 0 Å². The van der Waals surface area contributed by atoms with Crippen molar-refractivity contribution in [3.8, 4) is 11.4 Å². The van der Waals surface area contributed by atoms with E-state index in [1.807, 2.05) is 19.9 Å². The molecular formula is C31H35F3N6. The molecule has 6 rings (SSSR count). The number of hydrogen-bond donors (Lipinski definition) is 1. The third-order valence-electron chi connectivity index (χ3n) is 8.46. The van der Waals surface area contributed by atoms with Gasteiger partial charge in [0.05, 0.1) is 22.5 Å². The van der Waals surface area contributed by atoms with Crippen molar-refractivity contribution >= 4 is 22.4 Å². The van der Waals surface area contributed by atoms with Gasteiger partial charge >= 0.3 is 6.18 Å². The fourth-order valence-electron chi connectivity index (χ4n) is 6.37. The van der Waals surface area contributed by atoms with E-state index in [-0.39, 0.29) is 5.41 Å². The lowest BCUT2D eigenvalue weighted by Gasteiger charge is -2.41. The molecule has 0 saturated carbocycles. The Balaban J connectivity index is 1.49. The number of H-pyrrole nitrogens is 1. The molecule has 2 aromatic heterocycles. The van der Waals surface area contributed by atoms with Crippen LogP contribution in [0.5, 0.6) is 0 Å². The van der Waals surface area contributed by atoms with Crippen LogP contribution in [0, 0.1) is 26.2 Å². The van der Waals surface area contributed by atoms with Gasteiger partial charge in [0.15, 0.2) is 5.82 Å². The van der Waals surface area contributed by atoms with Crippen LogP contribution in [0.15, 0.2) is 30.3 Å². The Kier molecular flexibility index (Phi) is 6.31. The number of piperidine rings is 1. The minimum Gasteiger partial charge on any atom is -0.366 e. The third kappa shape index (κ3) is 4.69. The topological polar surface area (TPSA) is 60.9 Å². The zero-order valence-electron chi connectivity index (χ0n) is 23.7. The molecular weight excluding hydrogens is 513 g/mol. The number of nitrogens with one attached hydrogen (secondary N) is 1. The molecule has 2 aromatic carbocycles. The molecule has 2 aliphatic rings. The van der Waals surface area contributed by atoms with Crippen molar-refractivity contribution in [2.45, 2.75) is 66.6 Å². The van der Waals surface area contributed by atoms with Crippen molar-refractivity contribution in [1.29, 1.82) is 0 Å². The summed E-state index contributed by atoms with van der Waals surface area (Å²) in [4.78, 5) is 14.8. The van der Waals surface area contributed by atoms with Gasteiger partial charge in [0.2, 0.25) is 0 Å². The zero-order chi connectivity index (χ0) is 28.4. The molecule has 210 valence electrons. The molecule has 1 N–H and O–H groups in total. The molecule has 0 radical (unpaired) electrons. The second-order valence-electron chi connectivity index (χ2n) is 12.1. The molecule has 6 nitrogen and oxygen atoms in total. The van der Waals surface area contributed by atoms with Crippen LogP contribution in [-0.4, -0.2) is 39.8 Å². The van der Waals surface area contributed by atoms with E-state index in [0.717, 1.165) is 82.4 Å². The maximum atomic E-state index is 13.6. The van der Waals surface area contributed by atoms with Crippen molar-refractivity contribution < 1.29 is 13.2 Å². The second kappa shape index (κ2) is 9.49. The summed E-state index contributed by atoms with van der Waals surface area (Å²) in [6.45, 7) is 13.3. The van der Waals surface area contributed by atoms with Crippen molar-refractivity contribution in [3.63, 3.8) is 0 Å². The highest BCUT2D eigenvalue weighted by molar-refractivity contribution is 5.96. The molecule has 1 saturated heterocycles. The normalized spacial score (nSPS) is 17.4. The Morgan fingerprint density at radius 2 is 1.73 bits per heavy atom. The average Bonchev–Trinajstić information content (AvgIpc) is 3.27. The van der Waals surface area contributed by atoms with Gasteiger partial charge in [-0.2, -0.15) is 18.3 Å². The minimum absolute atomic E-state index is 0.138. The Morgan fingerprint density at radius 3 is 2.48 bits per heavy atom. The Hall–Kier alpha value is -3.62. The lowest BCUT2D eigenvalue weighted by Crippen LogP contribution is -2.42. The van der Waals surface area contributed by atoms with Crippen LogP contribution in [0.25, 0.3) is 22.3 Å². The number of aromatic amines is 1. The molecule has 2 aliphatic heterocycles. The quantitative estimate of drug-likeness (QED) is 0.295. The van der Waals surface area contributed by atoms with E-state index in [1.165, 1.54) is 6.07 Å². The fraction of sp³-hybridized carbons (Fsp3) is 0.452. The van der Waals surface area contributed by atoms with Crippen molar-refractivity contribution in [3.05, 3.63) is 64.0 Å². The number of rotatable bonds is 3. The first kappa shape index (κ1) is 26.6. The van der Waals surface area contributed by atoms with Crippen molar-refractivity contribution in [1.82, 2.24) is 20.2 Å². The first-order valence-electron chi connectivity index (χ1n) is 13.9. The van der Waals surface area contributed by atoms with E-state index in [1.54, 1.807) is 6.07 Å². The van der Waals surface area contributed by atoms with E-state index in [2.05, 4.69) is 46.8 Å². The van der Waals surface area contributed by atoms with Crippen molar-refractivity contribution in [2.24, 2.45) is 5.41 Å². The molecule has 9 heteroatoms. The molecule has 0 amide bonds. The van der Waals surface area contributed by atoms with Gasteiger partial charge in [0, 0.05) is 54.8 Å². The van der Waals surface area contributed by atoms with Crippen molar-refractivity contribution in [2.75, 3.05) is 29.4 Å². The number of benzene rings is 2. The van der Waals surface area contributed by atoms with Gasteiger partial charge in [-0.3, -0.25) is 5.10 Å². The summed E-state index contributed by atoms with van der Waals surface area (Å²) < 4.78 is 40.8. The molecule has 0 spiro atoms. The largest absolute Gasteiger partial charge is 0.416 e. The predicted octanol–water partition coefficient (Wildman–Crippen LogP) is 7.15. The second-order valence-corrected chi connectivity index (χ2v) is 12.1. The van der Waals surface area contributed by atoms with Gasteiger partial charge < -0.3 is 9.80 Å². The summed E-state index contributed by atoms with van der Waals surface area (Å²) in [6, 6.07) is 8.12. The lowest BCUT2D eigenvalue weighted by atomic mass is 9.84. The molecule has 0 bridgehead atoms. The third-order valence-corrected chi connectivity index (χ3v) is 8.46. The zero-order valence-corrected chi connectivity index (χ0v) is 23.7. The first-order chi connectivity index (χ1) is 18.9. The highest BCUT2D eigenvalue weighted by atomic mass is 19.4. The molecule has 0 aliphatic carbocycles. The monoisotopic (exact) mass is 548 g/mol. The number of fused-ring (bicyclic) bond motifs is 2. The fourth-order valence-corrected chi connectivity index (χ4v) is 6.37. The van der Waals surface area contributed by atoms with Gasteiger partial charge in [0.1, 0.15) is 5.82 Å². The SMILES string of the molecule is Cc1ccc(C(F)(F)F)cc1N1CCc2nc(-c3c(C)ccc4[nH]nc(C)c34)nc(N3CCCC(C)(C)C3)c2C1. The van der Waals surface area contributed by atoms with E-state index in [0.29, 0.717) is 31.0 Å². The minimum atomic E-state index is -4.39. The van der Waals surface area contributed by atoms with Crippen LogP contribution in [0.3, 0.4) is 0 Å². The van der Waals surface area contributed by atoms with Crippen LogP contribution in [0.4, 0.5) is 24.7 Å². The predicted molar refractivity (Wildman–Crippen MR) is 153 cm³/mol. The van der Waals surface area contributed by atoms with Gasteiger partial charge in [-0.25, -0.2) is 9.97 Å². The highest BCUT2D eigenvalue weighted by Crippen LogP contribution is 2.40. The van der Waals surface area contributed by atoms with E-state index in [9.17, 15) is 13.2 Å². The Morgan fingerprint density at radius 1 is 0.950 bits per heavy atom. The smallest absolute Gasteiger partial charge is 0.366 e. The van der Waals surface area contributed by atoms with Crippen LogP contribution in [-0.2, 0) is 19.1 Å². The molecule has 4 heterocycles. The van der Waals surface area contributed by atoms with Gasteiger partial charge in [-0.05, 0) is 68.4 Å². The van der Waals surface area contributed by atoms with Crippen LogP contribution >= 0.6 is 0 Å². The molecule has 0 atom stereocenters. The van der Waals surface area contributed by atoms with E-state index >= 15 is 0 Å². The average molecular weight is 549 g/mol. The molecule has 4 aromatic rings. The molecule has 40 heavy (non-hydrogen) atoms. The Bertz CT molecular complexity index is 1600. The van der Waals surface area contributed by atoms with Crippen LogP contribution < -0.4 is 9.80 Å². The number of anilines is 2. The molecule has 0 unspecified atom stereocenters. The summed E-state index contributed by atoms with van der Waals surface area (Å²) in [6.07, 6.45) is -1.55. The van der Waals surface area contributed by atoms with Crippen LogP contribution in [0.1, 0.15) is 60.3 Å². The van der Waals surface area contributed by atoms with E-state index < -0.39 is 11.7 Å². The number of aryl methyl sites for hydroxylation is 3. The number of hydrogen-bond acceptors (Lipinski definition) is 5. The van der Waals surface area contributed by atoms with E-state index in [4.69, 9.17) is 9.97 Å². The number of nitrogens with zero attached hydrogens (tertiary/aromatic N) is 5. The van der Waals surface area contributed by atoms with Gasteiger partial charge in [-0.1, -0.05) is 26.0 Å². The standard InChI is InChI=1S/C31H35F3N6/c1-18-7-9-21(31(32,33)34)15-25(18)39-14-11-23-22(16-39)29(40-13-6-12-30(4,5)17-40)36-28(35-23)26-19(2)8-10-24-27(26)20(3)37-38-24/h7-10,15H,6,11-14,16-17H2,1-5H3,(H,37,38). The lowest BCUT2D eigenvalue weighted by molar-refractivity contribution is -0.137. The molecule has 1 fully saturated rings. The summed E-state index contributed by atoms with van der Waals surface area (Å²) in [5, 5.41) is 8.59. The number of alkyl halides is 3. The highest BCUT2D eigenvalue weighted by Gasteiger charge is 2.34. The summed E-state index contributed by atoms with van der Waals surface area (Å²) >= 11 is 0. The first-order valence-corrected chi connectivity index (χ1v) is 13.9.